The Morgan fingerprint density at radius 3 is 2.53 bits per heavy atom. The third-order valence-electron chi connectivity index (χ3n) is 2.97. The third kappa shape index (κ3) is 1.62. The fourth-order valence-electron chi connectivity index (χ4n) is 2.18. The van der Waals surface area contributed by atoms with E-state index in [9.17, 15) is 4.79 Å². The van der Waals surface area contributed by atoms with Crippen LogP contribution in [0.4, 0.5) is 0 Å². The van der Waals surface area contributed by atoms with Crippen LogP contribution in [0, 0.1) is 6.92 Å². The molecule has 0 unspecified atom stereocenters. The highest BCUT2D eigenvalue weighted by Crippen LogP contribution is 2.37. The average molecular weight is 224 g/mol. The van der Waals surface area contributed by atoms with Gasteiger partial charge in [-0.1, -0.05) is 30.3 Å². The summed E-state index contributed by atoms with van der Waals surface area (Å²) in [7, 11) is 0. The quantitative estimate of drug-likeness (QED) is 0.743. The van der Waals surface area contributed by atoms with Crippen molar-refractivity contribution in [3.05, 3.63) is 53.6 Å². The lowest BCUT2D eigenvalue weighted by molar-refractivity contribution is 0.0961. The first-order chi connectivity index (χ1) is 8.25. The molecule has 84 valence electrons. The van der Waals surface area contributed by atoms with Gasteiger partial charge in [-0.2, -0.15) is 0 Å². The summed E-state index contributed by atoms with van der Waals surface area (Å²) in [5.74, 6) is 0.799. The van der Waals surface area contributed by atoms with Crippen LogP contribution in [0.15, 0.2) is 42.5 Å². The van der Waals surface area contributed by atoms with Crippen molar-refractivity contribution >= 4 is 5.78 Å². The van der Waals surface area contributed by atoms with E-state index in [1.54, 1.807) is 0 Å². The highest BCUT2D eigenvalue weighted by molar-refractivity contribution is 6.04. The zero-order valence-electron chi connectivity index (χ0n) is 9.57. The Hall–Kier alpha value is -2.09. The van der Waals surface area contributed by atoms with E-state index in [2.05, 4.69) is 6.07 Å². The van der Waals surface area contributed by atoms with Gasteiger partial charge in [-0.15, -0.1) is 0 Å². The molecule has 0 bridgehead atoms. The van der Waals surface area contributed by atoms with Crippen molar-refractivity contribution in [1.82, 2.24) is 0 Å². The molecule has 0 saturated carbocycles. The number of hydrogen-bond acceptors (Lipinski definition) is 2. The van der Waals surface area contributed by atoms with Crippen LogP contribution >= 0.6 is 0 Å². The minimum Gasteiger partial charge on any atom is -0.484 e. The topological polar surface area (TPSA) is 26.3 Å². The summed E-state index contributed by atoms with van der Waals surface area (Å²) in [6.07, 6.45) is 0. The first-order valence-electron chi connectivity index (χ1n) is 5.62. The van der Waals surface area contributed by atoms with Crippen molar-refractivity contribution in [3.8, 4) is 16.9 Å². The van der Waals surface area contributed by atoms with Gasteiger partial charge < -0.3 is 4.74 Å². The van der Waals surface area contributed by atoms with Gasteiger partial charge in [-0.25, -0.2) is 0 Å². The Labute approximate surface area is 99.9 Å². The molecule has 0 fully saturated rings. The van der Waals surface area contributed by atoms with Gasteiger partial charge in [0, 0.05) is 5.56 Å². The monoisotopic (exact) mass is 224 g/mol. The van der Waals surface area contributed by atoms with Gasteiger partial charge in [0.25, 0.3) is 0 Å². The van der Waals surface area contributed by atoms with Crippen molar-refractivity contribution in [2.75, 3.05) is 6.61 Å². The first-order valence-corrected chi connectivity index (χ1v) is 5.62. The van der Waals surface area contributed by atoms with Crippen LogP contribution in [0.25, 0.3) is 11.1 Å². The summed E-state index contributed by atoms with van der Waals surface area (Å²) in [6, 6.07) is 14.0. The molecule has 0 aliphatic carbocycles. The highest BCUT2D eigenvalue weighted by atomic mass is 16.5. The second-order valence-electron chi connectivity index (χ2n) is 4.27. The van der Waals surface area contributed by atoms with Gasteiger partial charge in [0.2, 0.25) is 5.78 Å². The first kappa shape index (κ1) is 10.1. The molecule has 1 aliphatic rings. The van der Waals surface area contributed by atoms with Crippen LogP contribution in [0.5, 0.6) is 5.75 Å². The van der Waals surface area contributed by atoms with Crippen LogP contribution in [0.3, 0.4) is 0 Å². The SMILES string of the molecule is Cc1cc2c(c(-c3ccccc3)c1)OCC2=O. The molecule has 1 aliphatic heterocycles. The molecule has 17 heavy (non-hydrogen) atoms. The largest absolute Gasteiger partial charge is 0.484 e. The highest BCUT2D eigenvalue weighted by Gasteiger charge is 2.24. The number of carbonyl (C=O) groups excluding carboxylic acids is 1. The van der Waals surface area contributed by atoms with E-state index in [0.29, 0.717) is 5.56 Å². The number of carbonyl (C=O) groups is 1. The maximum Gasteiger partial charge on any atom is 0.203 e. The number of aryl methyl sites for hydroxylation is 1. The van der Waals surface area contributed by atoms with Gasteiger partial charge in [0.1, 0.15) is 5.75 Å². The minimum atomic E-state index is 0.0703. The molecule has 2 aromatic carbocycles. The average Bonchev–Trinajstić information content (AvgIpc) is 2.72. The summed E-state index contributed by atoms with van der Waals surface area (Å²) in [4.78, 5) is 11.7. The Morgan fingerprint density at radius 2 is 1.76 bits per heavy atom. The number of benzene rings is 2. The smallest absolute Gasteiger partial charge is 0.203 e. The Morgan fingerprint density at radius 1 is 1.06 bits per heavy atom. The van der Waals surface area contributed by atoms with Crippen LogP contribution in [0.1, 0.15) is 15.9 Å². The molecule has 0 N–H and O–H groups in total. The Bertz CT molecular complexity index is 585. The van der Waals surface area contributed by atoms with E-state index < -0.39 is 0 Å². The molecule has 0 spiro atoms. The number of rotatable bonds is 1. The van der Waals surface area contributed by atoms with E-state index in [1.165, 1.54) is 0 Å². The molecule has 0 radical (unpaired) electrons. The fourth-order valence-corrected chi connectivity index (χ4v) is 2.18. The van der Waals surface area contributed by atoms with Crippen molar-refractivity contribution < 1.29 is 9.53 Å². The molecule has 0 aromatic heterocycles. The summed E-state index contributed by atoms with van der Waals surface area (Å²) >= 11 is 0. The number of ether oxygens (including phenoxy) is 1. The van der Waals surface area contributed by atoms with Crippen LogP contribution < -0.4 is 4.74 Å². The molecule has 0 saturated heterocycles. The van der Waals surface area contributed by atoms with Gasteiger partial charge in [-0.05, 0) is 30.2 Å². The van der Waals surface area contributed by atoms with Gasteiger partial charge in [0.05, 0.1) is 5.56 Å². The Balaban J connectivity index is 2.25. The maximum absolute atomic E-state index is 11.7. The van der Waals surface area contributed by atoms with Gasteiger partial charge in [-0.3, -0.25) is 4.79 Å². The van der Waals surface area contributed by atoms with E-state index in [-0.39, 0.29) is 12.4 Å². The van der Waals surface area contributed by atoms with Crippen LogP contribution in [-0.4, -0.2) is 12.4 Å². The van der Waals surface area contributed by atoms with E-state index >= 15 is 0 Å². The lowest BCUT2D eigenvalue weighted by Crippen LogP contribution is -1.98. The summed E-state index contributed by atoms with van der Waals surface area (Å²) < 4.78 is 5.50. The Kier molecular flexibility index (Phi) is 2.22. The van der Waals surface area contributed by atoms with Crippen LogP contribution in [0.2, 0.25) is 0 Å². The summed E-state index contributed by atoms with van der Waals surface area (Å²) in [6.45, 7) is 2.16. The molecule has 2 heteroatoms. The molecule has 2 aromatic rings. The maximum atomic E-state index is 11.7. The number of ketones is 1. The molecular formula is C15H12O2. The van der Waals surface area contributed by atoms with E-state index in [0.717, 1.165) is 22.4 Å². The molecular weight excluding hydrogens is 212 g/mol. The second kappa shape index (κ2) is 3.74. The van der Waals surface area contributed by atoms with Crippen molar-refractivity contribution in [2.45, 2.75) is 6.92 Å². The number of fused-ring (bicyclic) bond motifs is 1. The van der Waals surface area contributed by atoms with Crippen LogP contribution in [-0.2, 0) is 0 Å². The lowest BCUT2D eigenvalue weighted by atomic mass is 9.98. The second-order valence-corrected chi connectivity index (χ2v) is 4.27. The third-order valence-corrected chi connectivity index (χ3v) is 2.97. The number of hydrogen-bond donors (Lipinski definition) is 0. The standard InChI is InChI=1S/C15H12O2/c1-10-7-12(11-5-3-2-4-6-11)15-13(8-10)14(16)9-17-15/h2-8H,9H2,1H3. The molecule has 1 heterocycles. The van der Waals surface area contributed by atoms with Crippen molar-refractivity contribution in [1.29, 1.82) is 0 Å². The normalized spacial score (nSPS) is 13.4. The molecule has 0 atom stereocenters. The fraction of sp³-hybridized carbons (Fsp3) is 0.133. The predicted octanol–water partition coefficient (Wildman–Crippen LogP) is 3.24. The minimum absolute atomic E-state index is 0.0703. The van der Waals surface area contributed by atoms with Crippen molar-refractivity contribution in [3.63, 3.8) is 0 Å². The molecule has 2 nitrogen and oxygen atoms in total. The zero-order chi connectivity index (χ0) is 11.8. The molecule has 3 rings (SSSR count). The zero-order valence-corrected chi connectivity index (χ0v) is 9.57. The number of Topliss-reactive ketones (excluding diaryl/α,β-unsaturated/α-hetero) is 1. The van der Waals surface area contributed by atoms with Gasteiger partial charge in [0.15, 0.2) is 6.61 Å². The summed E-state index contributed by atoms with van der Waals surface area (Å²) in [5.41, 5.74) is 3.89. The lowest BCUT2D eigenvalue weighted by Gasteiger charge is -2.08. The van der Waals surface area contributed by atoms with Gasteiger partial charge >= 0.3 is 0 Å². The molecule has 0 amide bonds. The van der Waals surface area contributed by atoms with Crippen molar-refractivity contribution in [2.24, 2.45) is 0 Å². The summed E-state index contributed by atoms with van der Waals surface area (Å²) in [5, 5.41) is 0. The predicted molar refractivity (Wildman–Crippen MR) is 66.4 cm³/mol. The van der Waals surface area contributed by atoms with E-state index in [4.69, 9.17) is 4.74 Å². The van der Waals surface area contributed by atoms with E-state index in [1.807, 2.05) is 43.3 Å².